The minimum Gasteiger partial charge on any atom is -0.303 e. The Labute approximate surface area is 74.4 Å². The Morgan fingerprint density at radius 3 is 1.67 bits per heavy atom. The first-order chi connectivity index (χ1) is 5.72. The molecule has 0 unspecified atom stereocenters. The van der Waals surface area contributed by atoms with E-state index < -0.39 is 0 Å². The molecule has 1 aromatic rings. The smallest absolute Gasteiger partial charge is 0.119 e. The van der Waals surface area contributed by atoms with E-state index in [1.807, 2.05) is 6.92 Å². The second kappa shape index (κ2) is 6.59. The predicted octanol–water partition coefficient (Wildman–Crippen LogP) is 2.90. The van der Waals surface area contributed by atoms with Crippen LogP contribution >= 0.6 is 0 Å². The summed E-state index contributed by atoms with van der Waals surface area (Å²) in [6, 6.07) is 8.36. The Balaban J connectivity index is 0.000000261. The predicted molar refractivity (Wildman–Crippen MR) is 52.3 cm³/mol. The van der Waals surface area contributed by atoms with Crippen LogP contribution < -0.4 is 0 Å². The number of benzene rings is 1. The molecule has 0 fully saturated rings. The van der Waals surface area contributed by atoms with Crippen LogP contribution in [0.3, 0.4) is 0 Å². The van der Waals surface area contributed by atoms with Gasteiger partial charge in [-0.1, -0.05) is 31.2 Å². The number of hydrogen-bond acceptors (Lipinski definition) is 1. The maximum Gasteiger partial charge on any atom is 0.119 e. The summed E-state index contributed by atoms with van der Waals surface area (Å²) in [5, 5.41) is 0. The van der Waals surface area contributed by atoms with E-state index in [-0.39, 0.29) is 0 Å². The molecular weight excluding hydrogens is 148 g/mol. The third kappa shape index (κ3) is 4.67. The first-order valence-corrected chi connectivity index (χ1v) is 4.18. The van der Waals surface area contributed by atoms with E-state index >= 15 is 0 Å². The monoisotopic (exact) mass is 164 g/mol. The molecule has 66 valence electrons. The van der Waals surface area contributed by atoms with E-state index in [4.69, 9.17) is 0 Å². The van der Waals surface area contributed by atoms with Crippen LogP contribution in [0.4, 0.5) is 0 Å². The standard InChI is InChI=1S/C8H10.C3H6O/c1-7-5-3-4-6-8(7)2;1-2-3-4/h3-6H,1-2H3;3H,2H2,1H3. The van der Waals surface area contributed by atoms with Crippen LogP contribution in [0.2, 0.25) is 0 Å². The molecule has 0 aliphatic carbocycles. The summed E-state index contributed by atoms with van der Waals surface area (Å²) < 4.78 is 0. The minimum atomic E-state index is 0.639. The normalized spacial score (nSPS) is 8.25. The van der Waals surface area contributed by atoms with Crippen molar-refractivity contribution >= 4 is 6.29 Å². The van der Waals surface area contributed by atoms with Crippen LogP contribution in [-0.4, -0.2) is 6.29 Å². The second-order valence-electron chi connectivity index (χ2n) is 2.66. The lowest BCUT2D eigenvalue weighted by atomic mass is 10.1. The van der Waals surface area contributed by atoms with E-state index in [1.54, 1.807) is 0 Å². The molecule has 0 N–H and O–H groups in total. The Morgan fingerprint density at radius 1 is 1.17 bits per heavy atom. The molecule has 0 aliphatic rings. The lowest BCUT2D eigenvalue weighted by Crippen LogP contribution is -1.74. The molecule has 0 aromatic heterocycles. The molecule has 1 nitrogen and oxygen atoms in total. The van der Waals surface area contributed by atoms with Crippen molar-refractivity contribution in [1.29, 1.82) is 0 Å². The SMILES string of the molecule is CCC=O.Cc1ccccc1C. The van der Waals surface area contributed by atoms with Gasteiger partial charge in [-0.05, 0) is 25.0 Å². The maximum absolute atomic E-state index is 9.17. The molecule has 0 radical (unpaired) electrons. The summed E-state index contributed by atoms with van der Waals surface area (Å²) >= 11 is 0. The van der Waals surface area contributed by atoms with Gasteiger partial charge in [0.05, 0.1) is 0 Å². The highest BCUT2D eigenvalue weighted by molar-refractivity contribution is 5.48. The van der Waals surface area contributed by atoms with Gasteiger partial charge in [0.25, 0.3) is 0 Å². The van der Waals surface area contributed by atoms with Gasteiger partial charge in [-0.15, -0.1) is 0 Å². The fraction of sp³-hybridized carbons (Fsp3) is 0.364. The molecular formula is C11H16O. The quantitative estimate of drug-likeness (QED) is 0.583. The molecule has 0 bridgehead atoms. The summed E-state index contributed by atoms with van der Waals surface area (Å²) in [4.78, 5) is 9.17. The van der Waals surface area contributed by atoms with Crippen molar-refractivity contribution in [2.24, 2.45) is 0 Å². The molecule has 0 heterocycles. The van der Waals surface area contributed by atoms with E-state index in [9.17, 15) is 4.79 Å². The van der Waals surface area contributed by atoms with Gasteiger partial charge in [0.15, 0.2) is 0 Å². The summed E-state index contributed by atoms with van der Waals surface area (Å²) in [5.74, 6) is 0. The van der Waals surface area contributed by atoms with Crippen LogP contribution in [0.25, 0.3) is 0 Å². The summed E-state index contributed by atoms with van der Waals surface area (Å²) in [7, 11) is 0. The van der Waals surface area contributed by atoms with Gasteiger partial charge < -0.3 is 4.79 Å². The molecule has 0 saturated heterocycles. The van der Waals surface area contributed by atoms with E-state index in [0.29, 0.717) is 6.42 Å². The Morgan fingerprint density at radius 2 is 1.50 bits per heavy atom. The van der Waals surface area contributed by atoms with Crippen LogP contribution in [-0.2, 0) is 4.79 Å². The van der Waals surface area contributed by atoms with Gasteiger partial charge in [-0.25, -0.2) is 0 Å². The zero-order valence-electron chi connectivity index (χ0n) is 8.00. The highest BCUT2D eigenvalue weighted by Gasteiger charge is 1.83. The number of rotatable bonds is 1. The Hall–Kier alpha value is -1.11. The lowest BCUT2D eigenvalue weighted by Gasteiger charge is -1.93. The second-order valence-corrected chi connectivity index (χ2v) is 2.66. The molecule has 1 aromatic carbocycles. The van der Waals surface area contributed by atoms with Gasteiger partial charge in [-0.2, -0.15) is 0 Å². The van der Waals surface area contributed by atoms with E-state index in [1.165, 1.54) is 11.1 Å². The van der Waals surface area contributed by atoms with Crippen LogP contribution in [0, 0.1) is 13.8 Å². The third-order valence-corrected chi connectivity index (χ3v) is 1.59. The van der Waals surface area contributed by atoms with Crippen molar-refractivity contribution in [3.63, 3.8) is 0 Å². The molecule has 0 saturated carbocycles. The summed E-state index contributed by atoms with van der Waals surface area (Å²) in [6.45, 7) is 6.05. The van der Waals surface area contributed by atoms with Crippen molar-refractivity contribution < 1.29 is 4.79 Å². The van der Waals surface area contributed by atoms with Crippen LogP contribution in [0.5, 0.6) is 0 Å². The average Bonchev–Trinajstić information content (AvgIpc) is 2.11. The molecule has 1 heteroatoms. The highest BCUT2D eigenvalue weighted by atomic mass is 16.1. The number of hydrogen-bond donors (Lipinski definition) is 0. The van der Waals surface area contributed by atoms with Crippen LogP contribution in [0.1, 0.15) is 24.5 Å². The zero-order chi connectivity index (χ0) is 9.40. The van der Waals surface area contributed by atoms with Gasteiger partial charge in [0.2, 0.25) is 0 Å². The molecule has 0 amide bonds. The summed E-state index contributed by atoms with van der Waals surface area (Å²) in [6.07, 6.45) is 1.51. The number of carbonyl (C=O) groups excluding carboxylic acids is 1. The fourth-order valence-corrected chi connectivity index (χ4v) is 0.663. The van der Waals surface area contributed by atoms with Gasteiger partial charge in [0.1, 0.15) is 6.29 Å². The van der Waals surface area contributed by atoms with Crippen molar-refractivity contribution in [2.45, 2.75) is 27.2 Å². The molecule has 0 spiro atoms. The molecule has 0 aliphatic heterocycles. The third-order valence-electron chi connectivity index (χ3n) is 1.59. The first kappa shape index (κ1) is 10.9. The largest absolute Gasteiger partial charge is 0.303 e. The maximum atomic E-state index is 9.17. The molecule has 12 heavy (non-hydrogen) atoms. The van der Waals surface area contributed by atoms with E-state index in [0.717, 1.165) is 6.29 Å². The average molecular weight is 164 g/mol. The number of carbonyl (C=O) groups is 1. The van der Waals surface area contributed by atoms with Crippen molar-refractivity contribution in [3.05, 3.63) is 35.4 Å². The van der Waals surface area contributed by atoms with Gasteiger partial charge in [0, 0.05) is 6.42 Å². The van der Waals surface area contributed by atoms with Crippen LogP contribution in [0.15, 0.2) is 24.3 Å². The Kier molecular flexibility index (Phi) is 5.98. The zero-order valence-corrected chi connectivity index (χ0v) is 8.00. The molecule has 0 atom stereocenters. The van der Waals surface area contributed by atoms with E-state index in [2.05, 4.69) is 38.1 Å². The Bertz CT molecular complexity index is 207. The van der Waals surface area contributed by atoms with Crippen molar-refractivity contribution in [1.82, 2.24) is 0 Å². The van der Waals surface area contributed by atoms with Gasteiger partial charge in [-0.3, -0.25) is 0 Å². The topological polar surface area (TPSA) is 17.1 Å². The fourth-order valence-electron chi connectivity index (χ4n) is 0.663. The number of aldehydes is 1. The van der Waals surface area contributed by atoms with Crippen molar-refractivity contribution in [3.8, 4) is 0 Å². The first-order valence-electron chi connectivity index (χ1n) is 4.18. The molecule has 1 rings (SSSR count). The summed E-state index contributed by atoms with van der Waals surface area (Å²) in [5.41, 5.74) is 2.74. The highest BCUT2D eigenvalue weighted by Crippen LogP contribution is 2.02. The number of aryl methyl sites for hydroxylation is 2. The lowest BCUT2D eigenvalue weighted by molar-refractivity contribution is -0.107. The minimum absolute atomic E-state index is 0.639. The van der Waals surface area contributed by atoms with Crippen molar-refractivity contribution in [2.75, 3.05) is 0 Å². The van der Waals surface area contributed by atoms with Gasteiger partial charge >= 0.3 is 0 Å².